The molecule has 1 aromatic carbocycles. The Morgan fingerprint density at radius 2 is 1.95 bits per heavy atom. The molecule has 3 nitrogen and oxygen atoms in total. The Bertz CT molecular complexity index is 489. The van der Waals surface area contributed by atoms with Gasteiger partial charge in [0.2, 0.25) is 0 Å². The number of rotatable bonds is 5. The predicted molar refractivity (Wildman–Crippen MR) is 79.4 cm³/mol. The zero-order chi connectivity index (χ0) is 14.6. The van der Waals surface area contributed by atoms with Gasteiger partial charge in [-0.2, -0.15) is 0 Å². The summed E-state index contributed by atoms with van der Waals surface area (Å²) in [4.78, 5) is 22.3. The van der Waals surface area contributed by atoms with Crippen LogP contribution in [0.4, 0.5) is 0 Å². The Balaban J connectivity index is 2.20. The van der Waals surface area contributed by atoms with E-state index in [9.17, 15) is 9.59 Å². The maximum Gasteiger partial charge on any atom is 0.325 e. The molecule has 0 heterocycles. The minimum absolute atomic E-state index is 0.280. The van der Waals surface area contributed by atoms with Crippen molar-refractivity contribution in [1.29, 1.82) is 0 Å². The average molecular weight is 275 g/mol. The van der Waals surface area contributed by atoms with Crippen LogP contribution in [0.3, 0.4) is 0 Å². The molecule has 0 aliphatic heterocycles. The van der Waals surface area contributed by atoms with Gasteiger partial charge in [0, 0.05) is 6.42 Å². The van der Waals surface area contributed by atoms with E-state index in [4.69, 9.17) is 4.74 Å². The van der Waals surface area contributed by atoms with Crippen molar-refractivity contribution < 1.29 is 14.3 Å². The maximum absolute atomic E-state index is 12.1. The molecule has 1 saturated carbocycles. The summed E-state index contributed by atoms with van der Waals surface area (Å²) in [7, 11) is 1.39. The SMILES string of the molecule is CCCc1ccc(CC2(C(=O)OC)CCCC2=[OH+])cc1. The summed E-state index contributed by atoms with van der Waals surface area (Å²) in [6.07, 6.45) is 4.83. The predicted octanol–water partition coefficient (Wildman–Crippen LogP) is 3.07. The van der Waals surface area contributed by atoms with E-state index in [0.717, 1.165) is 24.8 Å². The fourth-order valence-corrected chi connectivity index (χ4v) is 3.08. The Kier molecular flexibility index (Phi) is 4.58. The third kappa shape index (κ3) is 2.77. The van der Waals surface area contributed by atoms with Gasteiger partial charge < -0.3 is 4.74 Å². The Morgan fingerprint density at radius 1 is 1.30 bits per heavy atom. The van der Waals surface area contributed by atoms with Crippen LogP contribution >= 0.6 is 0 Å². The molecule has 1 aliphatic carbocycles. The number of hydrogen-bond donors (Lipinski definition) is 0. The van der Waals surface area contributed by atoms with E-state index in [1.165, 1.54) is 12.7 Å². The summed E-state index contributed by atoms with van der Waals surface area (Å²) in [5.74, 6) is -0.0351. The van der Waals surface area contributed by atoms with Gasteiger partial charge in [0.25, 0.3) is 0 Å². The largest absolute Gasteiger partial charge is 0.468 e. The van der Waals surface area contributed by atoms with Gasteiger partial charge in [0.15, 0.2) is 5.41 Å². The minimum Gasteiger partial charge on any atom is -0.468 e. The van der Waals surface area contributed by atoms with Gasteiger partial charge in [-0.3, -0.25) is 9.59 Å². The lowest BCUT2D eigenvalue weighted by atomic mass is 9.79. The van der Waals surface area contributed by atoms with E-state index in [1.54, 1.807) is 0 Å². The van der Waals surface area contributed by atoms with Crippen molar-refractivity contribution in [1.82, 2.24) is 0 Å². The smallest absolute Gasteiger partial charge is 0.325 e. The Morgan fingerprint density at radius 3 is 2.45 bits per heavy atom. The molecule has 1 aliphatic rings. The molecule has 1 unspecified atom stereocenters. The molecular formula is C17H23O3+. The molecule has 1 atom stereocenters. The van der Waals surface area contributed by atoms with Crippen molar-refractivity contribution in [3.8, 4) is 0 Å². The topological polar surface area (TPSA) is 47.7 Å². The van der Waals surface area contributed by atoms with Crippen LogP contribution in [0.25, 0.3) is 0 Å². The molecular weight excluding hydrogens is 252 g/mol. The monoisotopic (exact) mass is 275 g/mol. The average Bonchev–Trinajstić information content (AvgIpc) is 2.83. The summed E-state index contributed by atoms with van der Waals surface area (Å²) in [5, 5.41) is 0. The molecule has 1 N–H and O–H groups in total. The Hall–Kier alpha value is -1.64. The van der Waals surface area contributed by atoms with Gasteiger partial charge in [0.1, 0.15) is 0 Å². The van der Waals surface area contributed by atoms with Crippen LogP contribution < -0.4 is 0 Å². The summed E-state index contributed by atoms with van der Waals surface area (Å²) >= 11 is 0. The van der Waals surface area contributed by atoms with Gasteiger partial charge >= 0.3 is 11.8 Å². The fourth-order valence-electron chi connectivity index (χ4n) is 3.08. The normalized spacial score (nSPS) is 22.0. The first kappa shape index (κ1) is 14.8. The number of aryl methyl sites for hydroxylation is 1. The van der Waals surface area contributed by atoms with Crippen LogP contribution in [-0.4, -0.2) is 23.7 Å². The quantitative estimate of drug-likeness (QED) is 0.471. The molecule has 0 saturated heterocycles. The summed E-state index contributed by atoms with van der Waals surface area (Å²) in [6.45, 7) is 2.16. The lowest BCUT2D eigenvalue weighted by molar-refractivity contribution is -0.148. The summed E-state index contributed by atoms with van der Waals surface area (Å²) in [6, 6.07) is 8.33. The van der Waals surface area contributed by atoms with E-state index >= 15 is 0 Å². The third-order valence-electron chi connectivity index (χ3n) is 4.21. The van der Waals surface area contributed by atoms with Gasteiger partial charge in [0.05, 0.1) is 13.5 Å². The molecule has 20 heavy (non-hydrogen) atoms. The van der Waals surface area contributed by atoms with Crippen LogP contribution in [0.5, 0.6) is 0 Å². The highest BCUT2D eigenvalue weighted by molar-refractivity contribution is 6.06. The van der Waals surface area contributed by atoms with Gasteiger partial charge in [-0.1, -0.05) is 37.6 Å². The summed E-state index contributed by atoms with van der Waals surface area (Å²) < 4.78 is 4.92. The zero-order valence-electron chi connectivity index (χ0n) is 12.3. The Labute approximate surface area is 120 Å². The number of hydrogen-bond acceptors (Lipinski definition) is 2. The first-order valence-electron chi connectivity index (χ1n) is 7.34. The standard InChI is InChI=1S/C17H22O3/c1-3-5-13-7-9-14(10-8-13)12-17(16(19)20-2)11-4-6-15(17)18/h7-10H,3-6,11-12H2,1-2H3/p+1. The number of methoxy groups -OCH3 is 1. The van der Waals surface area contributed by atoms with Crippen LogP contribution in [0.15, 0.2) is 24.3 Å². The van der Waals surface area contributed by atoms with Crippen molar-refractivity contribution in [3.63, 3.8) is 0 Å². The lowest BCUT2D eigenvalue weighted by Crippen LogP contribution is -2.38. The van der Waals surface area contributed by atoms with E-state index in [0.29, 0.717) is 19.3 Å². The first-order chi connectivity index (χ1) is 9.62. The number of carbonyl (C=O) groups is 1. The van der Waals surface area contributed by atoms with E-state index in [2.05, 4.69) is 31.2 Å². The molecule has 0 radical (unpaired) electrons. The van der Waals surface area contributed by atoms with Crippen LogP contribution in [0, 0.1) is 5.41 Å². The van der Waals surface area contributed by atoms with Crippen molar-refractivity contribution in [2.75, 3.05) is 7.11 Å². The minimum atomic E-state index is -0.832. The van der Waals surface area contributed by atoms with Crippen molar-refractivity contribution in [2.45, 2.75) is 45.4 Å². The molecule has 3 heteroatoms. The number of ether oxygens (including phenoxy) is 1. The fraction of sp³-hybridized carbons (Fsp3) is 0.529. The number of ketones is 1. The molecule has 0 amide bonds. The molecule has 0 aromatic heterocycles. The number of carbonyl (C=O) groups excluding carboxylic acids is 2. The number of benzene rings is 1. The van der Waals surface area contributed by atoms with Crippen molar-refractivity contribution in [3.05, 3.63) is 35.4 Å². The van der Waals surface area contributed by atoms with Gasteiger partial charge in [-0.25, -0.2) is 0 Å². The molecule has 108 valence electrons. The van der Waals surface area contributed by atoms with Crippen LogP contribution in [0.1, 0.15) is 43.7 Å². The second-order valence-electron chi connectivity index (χ2n) is 5.62. The summed E-state index contributed by atoms with van der Waals surface area (Å²) in [5.41, 5.74) is 1.55. The first-order valence-corrected chi connectivity index (χ1v) is 7.34. The lowest BCUT2D eigenvalue weighted by Gasteiger charge is -2.21. The molecule has 1 aromatic rings. The molecule has 2 rings (SSSR count). The molecule has 1 fully saturated rings. The van der Waals surface area contributed by atoms with Gasteiger partial charge in [-0.05, 0) is 30.4 Å². The third-order valence-corrected chi connectivity index (χ3v) is 4.21. The second-order valence-corrected chi connectivity index (χ2v) is 5.62. The van der Waals surface area contributed by atoms with Crippen molar-refractivity contribution >= 4 is 11.8 Å². The highest BCUT2D eigenvalue weighted by Crippen LogP contribution is 2.39. The molecule has 0 spiro atoms. The highest BCUT2D eigenvalue weighted by atomic mass is 16.5. The molecule has 0 bridgehead atoms. The zero-order valence-corrected chi connectivity index (χ0v) is 12.3. The van der Waals surface area contributed by atoms with Gasteiger partial charge in [-0.15, -0.1) is 0 Å². The second kappa shape index (κ2) is 6.21. The van der Waals surface area contributed by atoms with Crippen LogP contribution in [-0.2, 0) is 22.4 Å². The number of esters is 1. The highest BCUT2D eigenvalue weighted by Gasteiger charge is 2.54. The van der Waals surface area contributed by atoms with Crippen LogP contribution in [0.2, 0.25) is 0 Å². The maximum atomic E-state index is 12.1. The van der Waals surface area contributed by atoms with E-state index in [1.807, 2.05) is 0 Å². The van der Waals surface area contributed by atoms with Crippen molar-refractivity contribution in [2.24, 2.45) is 5.41 Å². The van der Waals surface area contributed by atoms with E-state index in [-0.39, 0.29) is 11.8 Å². The van der Waals surface area contributed by atoms with E-state index < -0.39 is 5.41 Å².